The topological polar surface area (TPSA) is 24.9 Å². The molecule has 1 unspecified atom stereocenters. The zero-order valence-corrected chi connectivity index (χ0v) is 11.2. The van der Waals surface area contributed by atoms with Crippen molar-refractivity contribution in [2.75, 3.05) is 5.32 Å². The number of hydrogen-bond acceptors (Lipinski definition) is 2. The van der Waals surface area contributed by atoms with Crippen LogP contribution in [-0.2, 0) is 6.18 Å². The summed E-state index contributed by atoms with van der Waals surface area (Å²) < 4.78 is 37.8. The Balaban J connectivity index is 2.20. The van der Waals surface area contributed by atoms with Gasteiger partial charge in [0.15, 0.2) is 0 Å². The molecule has 1 heterocycles. The van der Waals surface area contributed by atoms with Crippen molar-refractivity contribution < 1.29 is 13.2 Å². The lowest BCUT2D eigenvalue weighted by Gasteiger charge is -2.17. The molecule has 1 atom stereocenters. The lowest BCUT2D eigenvalue weighted by molar-refractivity contribution is -0.141. The van der Waals surface area contributed by atoms with E-state index in [0.717, 1.165) is 17.2 Å². The summed E-state index contributed by atoms with van der Waals surface area (Å²) in [5.74, 6) is 0.218. The van der Waals surface area contributed by atoms with Crippen LogP contribution in [0.15, 0.2) is 42.5 Å². The summed E-state index contributed by atoms with van der Waals surface area (Å²) in [4.78, 5) is 3.60. The molecule has 0 amide bonds. The molecule has 0 aliphatic carbocycles. The van der Waals surface area contributed by atoms with Gasteiger partial charge in [-0.1, -0.05) is 30.3 Å². The van der Waals surface area contributed by atoms with Crippen molar-refractivity contribution in [2.45, 2.75) is 26.1 Å². The van der Waals surface area contributed by atoms with Crippen LogP contribution in [0.4, 0.5) is 19.0 Å². The SMILES string of the molecule is Cc1ccccc1C(C)Nc1cccc(C(F)(F)F)n1. The molecule has 1 aromatic carbocycles. The van der Waals surface area contributed by atoms with Crippen molar-refractivity contribution in [1.82, 2.24) is 4.98 Å². The maximum absolute atomic E-state index is 12.6. The van der Waals surface area contributed by atoms with Gasteiger partial charge in [-0.2, -0.15) is 13.2 Å². The second-order valence-corrected chi connectivity index (χ2v) is 4.63. The second-order valence-electron chi connectivity index (χ2n) is 4.63. The first kappa shape index (κ1) is 14.4. The van der Waals surface area contributed by atoms with Gasteiger partial charge < -0.3 is 5.32 Å². The van der Waals surface area contributed by atoms with Gasteiger partial charge >= 0.3 is 6.18 Å². The van der Waals surface area contributed by atoms with E-state index in [1.54, 1.807) is 0 Å². The number of anilines is 1. The number of nitrogens with one attached hydrogen (secondary N) is 1. The van der Waals surface area contributed by atoms with E-state index in [2.05, 4.69) is 10.3 Å². The molecule has 0 aliphatic heterocycles. The summed E-state index contributed by atoms with van der Waals surface area (Å²) in [6, 6.07) is 11.5. The summed E-state index contributed by atoms with van der Waals surface area (Å²) in [5, 5.41) is 3.00. The minimum Gasteiger partial charge on any atom is -0.364 e. The van der Waals surface area contributed by atoms with Gasteiger partial charge in [0, 0.05) is 0 Å². The quantitative estimate of drug-likeness (QED) is 0.890. The Labute approximate surface area is 115 Å². The number of alkyl halides is 3. The van der Waals surface area contributed by atoms with E-state index >= 15 is 0 Å². The largest absolute Gasteiger partial charge is 0.433 e. The van der Waals surface area contributed by atoms with Crippen molar-refractivity contribution in [3.63, 3.8) is 0 Å². The van der Waals surface area contributed by atoms with E-state index in [1.807, 2.05) is 38.1 Å². The Morgan fingerprint density at radius 1 is 1.05 bits per heavy atom. The molecule has 1 aromatic heterocycles. The zero-order valence-electron chi connectivity index (χ0n) is 11.2. The van der Waals surface area contributed by atoms with Crippen molar-refractivity contribution >= 4 is 5.82 Å². The zero-order chi connectivity index (χ0) is 14.8. The van der Waals surface area contributed by atoms with Crippen LogP contribution in [0.2, 0.25) is 0 Å². The summed E-state index contributed by atoms with van der Waals surface area (Å²) in [6.07, 6.45) is -4.43. The van der Waals surface area contributed by atoms with Gasteiger partial charge in [0.2, 0.25) is 0 Å². The molecule has 0 bridgehead atoms. The molecular weight excluding hydrogens is 265 g/mol. The average Bonchev–Trinajstić information content (AvgIpc) is 2.38. The fourth-order valence-electron chi connectivity index (χ4n) is 2.05. The maximum atomic E-state index is 12.6. The number of pyridine rings is 1. The molecule has 2 rings (SSSR count). The van der Waals surface area contributed by atoms with E-state index in [1.165, 1.54) is 12.1 Å². The number of aromatic nitrogens is 1. The number of aryl methyl sites for hydroxylation is 1. The monoisotopic (exact) mass is 280 g/mol. The van der Waals surface area contributed by atoms with E-state index in [4.69, 9.17) is 0 Å². The van der Waals surface area contributed by atoms with Crippen LogP contribution < -0.4 is 5.32 Å². The van der Waals surface area contributed by atoms with Crippen LogP contribution in [0.5, 0.6) is 0 Å². The van der Waals surface area contributed by atoms with E-state index in [0.29, 0.717) is 0 Å². The van der Waals surface area contributed by atoms with Crippen molar-refractivity contribution in [1.29, 1.82) is 0 Å². The van der Waals surface area contributed by atoms with E-state index in [9.17, 15) is 13.2 Å². The third-order valence-electron chi connectivity index (χ3n) is 3.06. The van der Waals surface area contributed by atoms with Gasteiger partial charge in [0.25, 0.3) is 0 Å². The lowest BCUT2D eigenvalue weighted by Crippen LogP contribution is -2.13. The summed E-state index contributed by atoms with van der Waals surface area (Å²) in [7, 11) is 0. The minimum absolute atomic E-state index is 0.118. The first-order chi connectivity index (χ1) is 9.38. The van der Waals surface area contributed by atoms with Gasteiger partial charge in [-0.15, -0.1) is 0 Å². The number of benzene rings is 1. The first-order valence-electron chi connectivity index (χ1n) is 6.24. The molecule has 1 N–H and O–H groups in total. The molecule has 20 heavy (non-hydrogen) atoms. The molecule has 2 nitrogen and oxygen atoms in total. The lowest BCUT2D eigenvalue weighted by atomic mass is 10.0. The van der Waals surface area contributed by atoms with Gasteiger partial charge in [0.1, 0.15) is 11.5 Å². The van der Waals surface area contributed by atoms with Crippen molar-refractivity contribution in [3.05, 3.63) is 59.3 Å². The van der Waals surface area contributed by atoms with Gasteiger partial charge in [0.05, 0.1) is 6.04 Å². The number of hydrogen-bond donors (Lipinski definition) is 1. The predicted octanol–water partition coefficient (Wildman–Crippen LogP) is 4.58. The standard InChI is InChI=1S/C15H15F3N2/c1-10-6-3-4-7-12(10)11(2)19-14-9-5-8-13(20-14)15(16,17)18/h3-9,11H,1-2H3,(H,19,20). The Bertz CT molecular complexity index is 594. The third-order valence-corrected chi connectivity index (χ3v) is 3.06. The molecule has 106 valence electrons. The highest BCUT2D eigenvalue weighted by molar-refractivity contribution is 5.41. The van der Waals surface area contributed by atoms with Crippen LogP contribution in [0.1, 0.15) is 29.8 Å². The first-order valence-corrected chi connectivity index (χ1v) is 6.24. The molecule has 0 saturated carbocycles. The highest BCUT2D eigenvalue weighted by Crippen LogP contribution is 2.29. The third kappa shape index (κ3) is 3.29. The predicted molar refractivity (Wildman–Crippen MR) is 72.5 cm³/mol. The van der Waals surface area contributed by atoms with Crippen LogP contribution in [0.25, 0.3) is 0 Å². The highest BCUT2D eigenvalue weighted by atomic mass is 19.4. The molecule has 5 heteroatoms. The summed E-state index contributed by atoms with van der Waals surface area (Å²) >= 11 is 0. The Kier molecular flexibility index (Phi) is 3.97. The van der Waals surface area contributed by atoms with Gasteiger partial charge in [-0.05, 0) is 37.1 Å². The van der Waals surface area contributed by atoms with Crippen LogP contribution in [0.3, 0.4) is 0 Å². The van der Waals surface area contributed by atoms with Crippen molar-refractivity contribution in [3.8, 4) is 0 Å². The van der Waals surface area contributed by atoms with Crippen LogP contribution in [0, 0.1) is 6.92 Å². The molecule has 2 aromatic rings. The molecular formula is C15H15F3N2. The van der Waals surface area contributed by atoms with E-state index < -0.39 is 11.9 Å². The normalized spacial score (nSPS) is 13.1. The molecule has 0 radical (unpaired) electrons. The molecule has 0 spiro atoms. The second kappa shape index (κ2) is 5.53. The average molecular weight is 280 g/mol. The number of nitrogens with zero attached hydrogens (tertiary/aromatic N) is 1. The minimum atomic E-state index is -4.43. The Morgan fingerprint density at radius 2 is 1.75 bits per heavy atom. The van der Waals surface area contributed by atoms with Gasteiger partial charge in [-0.25, -0.2) is 4.98 Å². The fourth-order valence-corrected chi connectivity index (χ4v) is 2.05. The number of rotatable bonds is 3. The summed E-state index contributed by atoms with van der Waals surface area (Å²) in [6.45, 7) is 3.86. The van der Waals surface area contributed by atoms with Gasteiger partial charge in [-0.3, -0.25) is 0 Å². The molecule has 0 saturated heterocycles. The Morgan fingerprint density at radius 3 is 2.40 bits per heavy atom. The smallest absolute Gasteiger partial charge is 0.364 e. The van der Waals surface area contributed by atoms with Crippen molar-refractivity contribution in [2.24, 2.45) is 0 Å². The van der Waals surface area contributed by atoms with Crippen LogP contribution >= 0.6 is 0 Å². The molecule has 0 fully saturated rings. The highest BCUT2D eigenvalue weighted by Gasteiger charge is 2.32. The Hall–Kier alpha value is -2.04. The summed E-state index contributed by atoms with van der Waals surface area (Å²) in [5.41, 5.74) is 1.23. The molecule has 0 aliphatic rings. The number of halogens is 3. The maximum Gasteiger partial charge on any atom is 0.433 e. The van der Waals surface area contributed by atoms with E-state index in [-0.39, 0.29) is 11.9 Å². The van der Waals surface area contributed by atoms with Crippen LogP contribution in [-0.4, -0.2) is 4.98 Å². The fraction of sp³-hybridized carbons (Fsp3) is 0.267.